The second-order valence-electron chi connectivity index (χ2n) is 4.20. The fourth-order valence-corrected chi connectivity index (χ4v) is 2.64. The van der Waals surface area contributed by atoms with Crippen molar-refractivity contribution in [2.45, 2.75) is 19.6 Å². The zero-order valence-electron chi connectivity index (χ0n) is 11.6. The lowest BCUT2D eigenvalue weighted by atomic mass is 10.3. The number of halogens is 1. The molecule has 2 aromatic heterocycles. The molecular formula is C12H16ClN5O2S. The lowest BCUT2D eigenvalue weighted by Gasteiger charge is -2.13. The zero-order valence-corrected chi connectivity index (χ0v) is 13.2. The maximum atomic E-state index is 10.0. The number of nitrogens with zero attached hydrogens (tertiary/aromatic N) is 3. The smallest absolute Gasteiger partial charge is 0.246 e. The van der Waals surface area contributed by atoms with Gasteiger partial charge in [-0.15, -0.1) is 11.3 Å². The van der Waals surface area contributed by atoms with E-state index in [0.717, 1.165) is 4.88 Å². The van der Waals surface area contributed by atoms with Gasteiger partial charge in [-0.3, -0.25) is 4.99 Å². The molecule has 1 unspecified atom stereocenters. The fraction of sp³-hybridized carbons (Fsp3) is 0.417. The van der Waals surface area contributed by atoms with Crippen LogP contribution in [0.4, 0.5) is 0 Å². The third-order valence-electron chi connectivity index (χ3n) is 2.59. The van der Waals surface area contributed by atoms with Crippen LogP contribution in [0.25, 0.3) is 0 Å². The Labute approximate surface area is 131 Å². The summed E-state index contributed by atoms with van der Waals surface area (Å²) in [6, 6.07) is 3.56. The van der Waals surface area contributed by atoms with Crippen LogP contribution in [0.3, 0.4) is 0 Å². The van der Waals surface area contributed by atoms with Crippen LogP contribution in [-0.4, -0.2) is 34.8 Å². The summed E-state index contributed by atoms with van der Waals surface area (Å²) < 4.78 is 5.64. The highest BCUT2D eigenvalue weighted by Gasteiger charge is 2.11. The molecule has 0 aliphatic rings. The molecule has 0 amide bonds. The van der Waals surface area contributed by atoms with Crippen molar-refractivity contribution < 1.29 is 9.63 Å². The number of thiophene rings is 1. The summed E-state index contributed by atoms with van der Waals surface area (Å²) >= 11 is 7.19. The third kappa shape index (κ3) is 4.69. The molecule has 9 heteroatoms. The number of nitrogens with one attached hydrogen (secondary N) is 2. The molecule has 0 spiro atoms. The summed E-state index contributed by atoms with van der Waals surface area (Å²) in [5.41, 5.74) is 0. The average molecular weight is 330 g/mol. The molecule has 114 valence electrons. The summed E-state index contributed by atoms with van der Waals surface area (Å²) in [5.74, 6) is 1.59. The molecule has 0 bridgehead atoms. The Morgan fingerprint density at radius 1 is 1.52 bits per heavy atom. The van der Waals surface area contributed by atoms with Gasteiger partial charge in [-0.25, -0.2) is 0 Å². The molecule has 2 heterocycles. The van der Waals surface area contributed by atoms with Gasteiger partial charge in [0.25, 0.3) is 0 Å². The van der Waals surface area contributed by atoms with Crippen LogP contribution in [0, 0.1) is 6.92 Å². The summed E-state index contributed by atoms with van der Waals surface area (Å²) in [5, 5.41) is 19.8. The number of aliphatic imine (C=N–C) groups is 1. The van der Waals surface area contributed by atoms with Crippen molar-refractivity contribution in [1.82, 2.24) is 20.8 Å². The van der Waals surface area contributed by atoms with Crippen molar-refractivity contribution in [3.8, 4) is 0 Å². The topological polar surface area (TPSA) is 95.6 Å². The molecule has 0 saturated heterocycles. The highest BCUT2D eigenvalue weighted by molar-refractivity contribution is 7.16. The summed E-state index contributed by atoms with van der Waals surface area (Å²) in [4.78, 5) is 8.93. The molecule has 0 fully saturated rings. The van der Waals surface area contributed by atoms with Gasteiger partial charge in [-0.1, -0.05) is 16.8 Å². The maximum absolute atomic E-state index is 10.0. The van der Waals surface area contributed by atoms with E-state index in [1.807, 2.05) is 0 Å². The number of rotatable bonds is 5. The van der Waals surface area contributed by atoms with E-state index in [-0.39, 0.29) is 0 Å². The molecule has 0 aromatic carbocycles. The standard InChI is InChI=1S/C12H16ClN5O2S/c1-7-17-11(20-18-7)6-16-12(14-2)15-5-8(19)9-3-4-10(13)21-9/h3-4,8,19H,5-6H2,1-2H3,(H2,14,15,16). The van der Waals surface area contributed by atoms with Crippen LogP contribution >= 0.6 is 22.9 Å². The van der Waals surface area contributed by atoms with Gasteiger partial charge in [-0.2, -0.15) is 4.98 Å². The number of aliphatic hydroxyl groups is 1. The van der Waals surface area contributed by atoms with E-state index in [4.69, 9.17) is 16.1 Å². The molecule has 0 aliphatic carbocycles. The van der Waals surface area contributed by atoms with Gasteiger partial charge in [0.1, 0.15) is 6.10 Å². The molecule has 2 rings (SSSR count). The Kier molecular flexibility index (Phi) is 5.54. The van der Waals surface area contributed by atoms with E-state index in [0.29, 0.717) is 35.1 Å². The summed E-state index contributed by atoms with van der Waals surface area (Å²) in [7, 11) is 1.64. The molecule has 0 aliphatic heterocycles. The van der Waals surface area contributed by atoms with Crippen molar-refractivity contribution in [2.75, 3.05) is 13.6 Å². The molecule has 21 heavy (non-hydrogen) atoms. The highest BCUT2D eigenvalue weighted by atomic mass is 35.5. The Bertz CT molecular complexity index is 612. The first kappa shape index (κ1) is 15.7. The number of aromatic nitrogens is 2. The normalized spacial score (nSPS) is 13.2. The van der Waals surface area contributed by atoms with E-state index in [9.17, 15) is 5.11 Å². The molecule has 1 atom stereocenters. The minimum Gasteiger partial charge on any atom is -0.386 e. The van der Waals surface area contributed by atoms with Crippen LogP contribution in [-0.2, 0) is 6.54 Å². The Hall–Kier alpha value is -1.64. The minimum atomic E-state index is -0.647. The molecular weight excluding hydrogens is 314 g/mol. The second-order valence-corrected chi connectivity index (χ2v) is 5.95. The van der Waals surface area contributed by atoms with Crippen LogP contribution in [0.15, 0.2) is 21.6 Å². The average Bonchev–Trinajstić information content (AvgIpc) is 3.07. The van der Waals surface area contributed by atoms with E-state index in [2.05, 4.69) is 25.8 Å². The quantitative estimate of drug-likeness (QED) is 0.568. The fourth-order valence-electron chi connectivity index (χ4n) is 1.59. The monoisotopic (exact) mass is 329 g/mol. The van der Waals surface area contributed by atoms with Gasteiger partial charge < -0.3 is 20.3 Å². The SMILES string of the molecule is CN=C(NCc1nc(C)no1)NCC(O)c1ccc(Cl)s1. The van der Waals surface area contributed by atoms with Crippen LogP contribution in [0.2, 0.25) is 4.34 Å². The first-order valence-electron chi connectivity index (χ1n) is 6.25. The third-order valence-corrected chi connectivity index (χ3v) is 3.92. The van der Waals surface area contributed by atoms with E-state index in [1.54, 1.807) is 26.1 Å². The van der Waals surface area contributed by atoms with E-state index < -0.39 is 6.10 Å². The van der Waals surface area contributed by atoms with Gasteiger partial charge in [0.2, 0.25) is 5.89 Å². The zero-order chi connectivity index (χ0) is 15.2. The number of guanidine groups is 1. The number of hydrogen-bond donors (Lipinski definition) is 3. The van der Waals surface area contributed by atoms with Gasteiger partial charge in [0.05, 0.1) is 10.9 Å². The largest absolute Gasteiger partial charge is 0.386 e. The Morgan fingerprint density at radius 3 is 2.90 bits per heavy atom. The van der Waals surface area contributed by atoms with Gasteiger partial charge >= 0.3 is 0 Å². The first-order valence-corrected chi connectivity index (χ1v) is 7.45. The van der Waals surface area contributed by atoms with E-state index in [1.165, 1.54) is 11.3 Å². The molecule has 3 N–H and O–H groups in total. The van der Waals surface area contributed by atoms with Crippen LogP contribution in [0.1, 0.15) is 22.7 Å². The Morgan fingerprint density at radius 2 is 2.33 bits per heavy atom. The number of hydrogen-bond acceptors (Lipinski definition) is 6. The summed E-state index contributed by atoms with van der Waals surface area (Å²) in [6.45, 7) is 2.43. The van der Waals surface area contributed by atoms with Gasteiger partial charge in [-0.05, 0) is 19.1 Å². The van der Waals surface area contributed by atoms with E-state index >= 15 is 0 Å². The van der Waals surface area contributed by atoms with Crippen molar-refractivity contribution in [2.24, 2.45) is 4.99 Å². The van der Waals surface area contributed by atoms with Gasteiger partial charge in [0, 0.05) is 18.5 Å². The molecule has 2 aromatic rings. The number of aryl methyl sites for hydroxylation is 1. The lowest BCUT2D eigenvalue weighted by Crippen LogP contribution is -2.38. The molecule has 7 nitrogen and oxygen atoms in total. The van der Waals surface area contributed by atoms with Crippen LogP contribution in [0.5, 0.6) is 0 Å². The minimum absolute atomic E-state index is 0.319. The van der Waals surface area contributed by atoms with Crippen molar-refractivity contribution in [3.05, 3.63) is 33.1 Å². The Balaban J connectivity index is 1.80. The predicted octanol–water partition coefficient (Wildman–Crippen LogP) is 1.49. The van der Waals surface area contributed by atoms with Gasteiger partial charge in [0.15, 0.2) is 11.8 Å². The lowest BCUT2D eigenvalue weighted by molar-refractivity contribution is 0.184. The predicted molar refractivity (Wildman–Crippen MR) is 81.5 cm³/mol. The van der Waals surface area contributed by atoms with Crippen molar-refractivity contribution in [1.29, 1.82) is 0 Å². The van der Waals surface area contributed by atoms with Crippen molar-refractivity contribution in [3.63, 3.8) is 0 Å². The second kappa shape index (κ2) is 7.39. The summed E-state index contributed by atoms with van der Waals surface area (Å²) in [6.07, 6.45) is -0.647. The maximum Gasteiger partial charge on any atom is 0.246 e. The first-order chi connectivity index (χ1) is 10.1. The highest BCUT2D eigenvalue weighted by Crippen LogP contribution is 2.26. The number of aliphatic hydroxyl groups excluding tert-OH is 1. The molecule has 0 radical (unpaired) electrons. The molecule has 0 saturated carbocycles. The van der Waals surface area contributed by atoms with Crippen LogP contribution < -0.4 is 10.6 Å². The van der Waals surface area contributed by atoms with Crippen molar-refractivity contribution >= 4 is 28.9 Å².